The largest absolute Gasteiger partial charge is 0.390 e. The summed E-state index contributed by atoms with van der Waals surface area (Å²) < 4.78 is 39.5. The standard InChI is InChI=1S/C23H25F3N4O2/c1-22(32)8-6-17(7-9-22)30-13-19(16-4-2-15(14-31)3-5-16)18-12-28-21(29-20(18)30)27-11-10-23(24,25)26/h2-5,12-14,17,32H,6-11H2,1H3,(H,27,28,29)/t17-,22-. The number of fused-ring (bicyclic) bond motifs is 1. The third-order valence-corrected chi connectivity index (χ3v) is 6.05. The van der Waals surface area contributed by atoms with Crippen molar-refractivity contribution in [2.75, 3.05) is 11.9 Å². The van der Waals surface area contributed by atoms with E-state index in [9.17, 15) is 23.1 Å². The molecule has 170 valence electrons. The number of aldehydes is 1. The molecule has 0 atom stereocenters. The summed E-state index contributed by atoms with van der Waals surface area (Å²) in [5, 5.41) is 13.8. The van der Waals surface area contributed by atoms with Crippen molar-refractivity contribution in [3.8, 4) is 11.1 Å². The van der Waals surface area contributed by atoms with E-state index in [1.54, 1.807) is 18.3 Å². The van der Waals surface area contributed by atoms with E-state index >= 15 is 0 Å². The van der Waals surface area contributed by atoms with E-state index in [0.717, 1.165) is 35.6 Å². The molecule has 1 aliphatic carbocycles. The minimum atomic E-state index is -4.25. The summed E-state index contributed by atoms with van der Waals surface area (Å²) in [4.78, 5) is 19.8. The Hall–Kier alpha value is -2.94. The van der Waals surface area contributed by atoms with Gasteiger partial charge in [0.15, 0.2) is 0 Å². The average Bonchev–Trinajstić information content (AvgIpc) is 3.12. The highest BCUT2D eigenvalue weighted by molar-refractivity contribution is 5.94. The summed E-state index contributed by atoms with van der Waals surface area (Å²) in [5.41, 5.74) is 2.29. The quantitative estimate of drug-likeness (QED) is 0.513. The number of benzene rings is 1. The fourth-order valence-corrected chi connectivity index (χ4v) is 4.18. The van der Waals surface area contributed by atoms with E-state index in [4.69, 9.17) is 0 Å². The smallest absolute Gasteiger partial charge is 0.390 e. The molecule has 0 radical (unpaired) electrons. The molecule has 32 heavy (non-hydrogen) atoms. The van der Waals surface area contributed by atoms with Crippen molar-refractivity contribution in [3.63, 3.8) is 0 Å². The predicted molar refractivity (Wildman–Crippen MR) is 116 cm³/mol. The van der Waals surface area contributed by atoms with Gasteiger partial charge in [-0.1, -0.05) is 24.3 Å². The van der Waals surface area contributed by atoms with Crippen LogP contribution in [0.1, 0.15) is 55.4 Å². The zero-order valence-corrected chi connectivity index (χ0v) is 17.7. The Kier molecular flexibility index (Phi) is 5.94. The van der Waals surface area contributed by atoms with Crippen LogP contribution in [-0.2, 0) is 0 Å². The molecule has 3 aromatic rings. The molecule has 4 rings (SSSR count). The van der Waals surface area contributed by atoms with Crippen molar-refractivity contribution in [1.29, 1.82) is 0 Å². The second-order valence-corrected chi connectivity index (χ2v) is 8.64. The van der Waals surface area contributed by atoms with Gasteiger partial charge in [0.25, 0.3) is 0 Å². The molecular formula is C23H25F3N4O2. The predicted octanol–water partition coefficient (Wildman–Crippen LogP) is 5.14. The first-order valence-corrected chi connectivity index (χ1v) is 10.6. The Balaban J connectivity index is 1.71. The summed E-state index contributed by atoms with van der Waals surface area (Å²) >= 11 is 0. The van der Waals surface area contributed by atoms with Gasteiger partial charge < -0.3 is 15.0 Å². The van der Waals surface area contributed by atoms with Crippen molar-refractivity contribution < 1.29 is 23.1 Å². The summed E-state index contributed by atoms with van der Waals surface area (Å²) in [7, 11) is 0. The Labute approximate surface area is 183 Å². The van der Waals surface area contributed by atoms with E-state index in [0.29, 0.717) is 24.1 Å². The highest BCUT2D eigenvalue weighted by Gasteiger charge is 2.31. The van der Waals surface area contributed by atoms with E-state index < -0.39 is 18.2 Å². The van der Waals surface area contributed by atoms with Crippen LogP contribution in [0.25, 0.3) is 22.2 Å². The Morgan fingerprint density at radius 2 is 1.94 bits per heavy atom. The molecule has 6 nitrogen and oxygen atoms in total. The number of rotatable bonds is 6. The minimum absolute atomic E-state index is 0.110. The number of nitrogens with one attached hydrogen (secondary N) is 1. The van der Waals surface area contributed by atoms with Gasteiger partial charge in [-0.05, 0) is 38.2 Å². The van der Waals surface area contributed by atoms with Gasteiger partial charge >= 0.3 is 6.18 Å². The van der Waals surface area contributed by atoms with Crippen molar-refractivity contribution in [2.24, 2.45) is 0 Å². The van der Waals surface area contributed by atoms with Crippen LogP contribution >= 0.6 is 0 Å². The Bertz CT molecular complexity index is 1100. The lowest BCUT2D eigenvalue weighted by atomic mass is 9.83. The van der Waals surface area contributed by atoms with Crippen molar-refractivity contribution >= 4 is 23.3 Å². The number of carbonyl (C=O) groups is 1. The van der Waals surface area contributed by atoms with Gasteiger partial charge in [-0.2, -0.15) is 18.2 Å². The van der Waals surface area contributed by atoms with Gasteiger partial charge in [-0.25, -0.2) is 4.98 Å². The van der Waals surface area contributed by atoms with Gasteiger partial charge in [0.05, 0.1) is 12.0 Å². The van der Waals surface area contributed by atoms with E-state index in [1.807, 2.05) is 29.8 Å². The first kappa shape index (κ1) is 22.3. The number of aliphatic hydroxyl groups is 1. The molecule has 0 aliphatic heterocycles. The first-order chi connectivity index (χ1) is 15.1. The number of aromatic nitrogens is 3. The summed E-state index contributed by atoms with van der Waals surface area (Å²) in [6.07, 6.45) is 2.01. The SMILES string of the molecule is C[C@]1(O)CC[C@H](n2cc(-c3ccc(C=O)cc3)c3cnc(NCCC(F)(F)F)nc32)CC1. The molecule has 2 heterocycles. The molecule has 1 fully saturated rings. The van der Waals surface area contributed by atoms with Gasteiger partial charge in [-0.15, -0.1) is 0 Å². The van der Waals surface area contributed by atoms with E-state index in [1.165, 1.54) is 0 Å². The molecule has 0 unspecified atom stereocenters. The third kappa shape index (κ3) is 4.93. The van der Waals surface area contributed by atoms with Crippen LogP contribution in [0.2, 0.25) is 0 Å². The van der Waals surface area contributed by atoms with Crippen LogP contribution in [0.3, 0.4) is 0 Å². The fraction of sp³-hybridized carbons (Fsp3) is 0.435. The molecule has 2 aromatic heterocycles. The number of nitrogens with zero attached hydrogens (tertiary/aromatic N) is 3. The Morgan fingerprint density at radius 3 is 2.56 bits per heavy atom. The number of halogens is 3. The minimum Gasteiger partial charge on any atom is -0.390 e. The van der Waals surface area contributed by atoms with Crippen LogP contribution in [0, 0.1) is 0 Å². The van der Waals surface area contributed by atoms with Gasteiger partial charge in [0.2, 0.25) is 5.95 Å². The summed E-state index contributed by atoms with van der Waals surface area (Å²) in [6, 6.07) is 7.28. The lowest BCUT2D eigenvalue weighted by Crippen LogP contribution is -2.31. The molecule has 9 heteroatoms. The molecule has 1 aromatic carbocycles. The monoisotopic (exact) mass is 446 g/mol. The number of hydrogen-bond donors (Lipinski definition) is 2. The normalized spacial score (nSPS) is 21.6. The maximum atomic E-state index is 12.5. The van der Waals surface area contributed by atoms with Crippen LogP contribution in [-0.4, -0.2) is 44.2 Å². The number of carbonyl (C=O) groups excluding carboxylic acids is 1. The zero-order valence-electron chi connectivity index (χ0n) is 17.7. The Morgan fingerprint density at radius 1 is 1.25 bits per heavy atom. The van der Waals surface area contributed by atoms with E-state index in [2.05, 4.69) is 15.3 Å². The molecule has 0 saturated heterocycles. The van der Waals surface area contributed by atoms with Crippen LogP contribution in [0.5, 0.6) is 0 Å². The second-order valence-electron chi connectivity index (χ2n) is 8.64. The van der Waals surface area contributed by atoms with Crippen LogP contribution < -0.4 is 5.32 Å². The third-order valence-electron chi connectivity index (χ3n) is 6.05. The lowest BCUT2D eigenvalue weighted by molar-refractivity contribution is -0.131. The van der Waals surface area contributed by atoms with Gasteiger partial charge in [-0.3, -0.25) is 4.79 Å². The molecule has 0 spiro atoms. The molecule has 2 N–H and O–H groups in total. The molecule has 0 bridgehead atoms. The number of hydrogen-bond acceptors (Lipinski definition) is 5. The fourth-order valence-electron chi connectivity index (χ4n) is 4.18. The maximum Gasteiger partial charge on any atom is 0.390 e. The zero-order chi connectivity index (χ0) is 22.9. The average molecular weight is 446 g/mol. The highest BCUT2D eigenvalue weighted by Crippen LogP contribution is 2.39. The lowest BCUT2D eigenvalue weighted by Gasteiger charge is -2.33. The van der Waals surface area contributed by atoms with Crippen LogP contribution in [0.4, 0.5) is 19.1 Å². The number of anilines is 1. The molecule has 0 amide bonds. The summed E-state index contributed by atoms with van der Waals surface area (Å²) in [5.74, 6) is 0.145. The molecule has 1 saturated carbocycles. The topological polar surface area (TPSA) is 80.0 Å². The second kappa shape index (κ2) is 8.54. The van der Waals surface area contributed by atoms with Crippen molar-refractivity contribution in [3.05, 3.63) is 42.2 Å². The van der Waals surface area contributed by atoms with E-state index in [-0.39, 0.29) is 18.5 Å². The summed E-state index contributed by atoms with van der Waals surface area (Å²) in [6.45, 7) is 1.53. The van der Waals surface area contributed by atoms with Crippen molar-refractivity contribution in [1.82, 2.24) is 14.5 Å². The van der Waals surface area contributed by atoms with Gasteiger partial charge in [0, 0.05) is 41.5 Å². The first-order valence-electron chi connectivity index (χ1n) is 10.6. The highest BCUT2D eigenvalue weighted by atomic mass is 19.4. The molecular weight excluding hydrogens is 421 g/mol. The molecule has 1 aliphatic rings. The van der Waals surface area contributed by atoms with Gasteiger partial charge in [0.1, 0.15) is 11.9 Å². The number of alkyl halides is 3. The van der Waals surface area contributed by atoms with Crippen LogP contribution in [0.15, 0.2) is 36.7 Å². The maximum absolute atomic E-state index is 12.5. The van der Waals surface area contributed by atoms with Crippen molar-refractivity contribution in [2.45, 2.75) is 56.8 Å².